The van der Waals surface area contributed by atoms with Gasteiger partial charge in [0.05, 0.1) is 25.9 Å². The van der Waals surface area contributed by atoms with E-state index in [1.165, 1.54) is 18.4 Å². The maximum atomic E-state index is 10.3. The molecule has 3 N–H and O–H groups in total. The van der Waals surface area contributed by atoms with Gasteiger partial charge in [0.15, 0.2) is 0 Å². The zero-order chi connectivity index (χ0) is 19.8. The monoisotopic (exact) mass is 520 g/mol. The van der Waals surface area contributed by atoms with Crippen LogP contribution < -0.4 is 0 Å². The lowest BCUT2D eigenvalue weighted by Gasteiger charge is -2.19. The van der Waals surface area contributed by atoms with Crippen LogP contribution in [-0.2, 0) is 6.42 Å². The van der Waals surface area contributed by atoms with Gasteiger partial charge in [-0.2, -0.15) is 0 Å². The summed E-state index contributed by atoms with van der Waals surface area (Å²) in [6.45, 7) is 2.17. The van der Waals surface area contributed by atoms with Gasteiger partial charge in [-0.15, -0.1) is 11.3 Å². The molecule has 1 aromatic rings. The Hall–Kier alpha value is 0.0200. The second-order valence-corrected chi connectivity index (χ2v) is 11.1. The molecule has 27 heavy (non-hydrogen) atoms. The van der Waals surface area contributed by atoms with Crippen molar-refractivity contribution in [1.82, 2.24) is 0 Å². The molecule has 0 bridgehead atoms. The fourth-order valence-corrected chi connectivity index (χ4v) is 6.51. The van der Waals surface area contributed by atoms with Gasteiger partial charge in [0.2, 0.25) is 0 Å². The van der Waals surface area contributed by atoms with E-state index in [1.54, 1.807) is 17.4 Å². The zero-order valence-electron chi connectivity index (χ0n) is 15.7. The number of aliphatic hydroxyl groups excluding tert-OH is 3. The van der Waals surface area contributed by atoms with E-state index in [2.05, 4.69) is 57.0 Å². The van der Waals surface area contributed by atoms with Crippen LogP contribution >= 0.6 is 43.2 Å². The molecule has 0 spiro atoms. The van der Waals surface area contributed by atoms with E-state index in [4.69, 9.17) is 0 Å². The van der Waals surface area contributed by atoms with Gasteiger partial charge in [-0.05, 0) is 75.1 Å². The van der Waals surface area contributed by atoms with E-state index in [1.807, 2.05) is 6.08 Å². The largest absolute Gasteiger partial charge is 0.393 e. The van der Waals surface area contributed by atoms with Gasteiger partial charge < -0.3 is 15.3 Å². The van der Waals surface area contributed by atoms with Gasteiger partial charge in [-0.3, -0.25) is 0 Å². The van der Waals surface area contributed by atoms with Crippen molar-refractivity contribution in [2.24, 2.45) is 11.8 Å². The van der Waals surface area contributed by atoms with Crippen molar-refractivity contribution in [3.05, 3.63) is 43.5 Å². The molecule has 6 heteroatoms. The fraction of sp³-hybridized carbons (Fsp3) is 0.619. The third-order valence-corrected chi connectivity index (χ3v) is 7.67. The Balaban J connectivity index is 1.87. The lowest BCUT2D eigenvalue weighted by molar-refractivity contribution is 0.120. The molecule has 0 saturated heterocycles. The number of thiophene rings is 1. The molecule has 152 valence electrons. The number of hydrogen-bond donors (Lipinski definition) is 3. The lowest BCUT2D eigenvalue weighted by Crippen LogP contribution is -2.20. The van der Waals surface area contributed by atoms with Crippen molar-refractivity contribution >= 4 is 43.2 Å². The van der Waals surface area contributed by atoms with E-state index in [0.29, 0.717) is 12.8 Å². The van der Waals surface area contributed by atoms with E-state index >= 15 is 0 Å². The number of unbranched alkanes of at least 4 members (excludes halogenated alkanes) is 2. The lowest BCUT2D eigenvalue weighted by atomic mass is 9.89. The number of halogens is 2. The molecule has 0 amide bonds. The predicted molar refractivity (Wildman–Crippen MR) is 120 cm³/mol. The molecule has 1 aliphatic carbocycles. The first-order chi connectivity index (χ1) is 12.9. The van der Waals surface area contributed by atoms with Crippen molar-refractivity contribution in [3.63, 3.8) is 0 Å². The first-order valence-electron chi connectivity index (χ1n) is 9.73. The second kappa shape index (κ2) is 11.9. The number of aryl methyl sites for hydroxylation is 1. The van der Waals surface area contributed by atoms with Gasteiger partial charge in [0, 0.05) is 12.3 Å². The average Bonchev–Trinajstić information content (AvgIpc) is 3.08. The Kier molecular flexibility index (Phi) is 10.3. The molecule has 0 aromatic carbocycles. The molecular formula is C21H30Br2O3S. The van der Waals surface area contributed by atoms with Crippen LogP contribution in [0.3, 0.4) is 0 Å². The standard InChI is InChI=1S/C21H30Br2O3S/c1-2-3-4-5-6-7-16-17(19(26)13-18(16)25)11-10-15(24)9-8-14-12-20(22)27-21(14)23/h5-6,10-12,15-19,24-26H,2-4,7-9,13H2,1H3/b6-5-,11-10+/t15-,16+,17+,18-,19+/m0/s1. The molecule has 2 rings (SSSR count). The van der Waals surface area contributed by atoms with Crippen molar-refractivity contribution in [2.45, 2.75) is 70.2 Å². The maximum absolute atomic E-state index is 10.3. The van der Waals surface area contributed by atoms with Crippen LogP contribution in [0.25, 0.3) is 0 Å². The van der Waals surface area contributed by atoms with Gasteiger partial charge in [0.1, 0.15) is 0 Å². The predicted octanol–water partition coefficient (Wildman–Crippen LogP) is 5.62. The topological polar surface area (TPSA) is 60.7 Å². The van der Waals surface area contributed by atoms with Crippen LogP contribution in [0.4, 0.5) is 0 Å². The number of rotatable bonds is 10. The Morgan fingerprint density at radius 1 is 1.26 bits per heavy atom. The summed E-state index contributed by atoms with van der Waals surface area (Å²) in [7, 11) is 0. The molecule has 1 aliphatic rings. The first kappa shape index (κ1) is 23.3. The molecule has 0 radical (unpaired) electrons. The summed E-state index contributed by atoms with van der Waals surface area (Å²) in [5.41, 5.74) is 1.19. The summed E-state index contributed by atoms with van der Waals surface area (Å²) >= 11 is 8.65. The van der Waals surface area contributed by atoms with Crippen LogP contribution in [0.5, 0.6) is 0 Å². The second-order valence-electron chi connectivity index (χ2n) is 7.30. The third-order valence-electron chi connectivity index (χ3n) is 5.21. The van der Waals surface area contributed by atoms with E-state index < -0.39 is 18.3 Å². The van der Waals surface area contributed by atoms with E-state index in [-0.39, 0.29) is 11.8 Å². The molecule has 1 aromatic heterocycles. The SMILES string of the molecule is CCCC/C=C\C[C@@H]1[C@@H](/C=C/[C@@H](O)CCc2cc(Br)sc2Br)[C@H](O)C[C@@H]1O. The summed E-state index contributed by atoms with van der Waals surface area (Å²) in [4.78, 5) is 0. The molecule has 0 unspecified atom stereocenters. The minimum Gasteiger partial charge on any atom is -0.393 e. The molecule has 0 aliphatic heterocycles. The van der Waals surface area contributed by atoms with Crippen LogP contribution in [-0.4, -0.2) is 33.6 Å². The molecular weight excluding hydrogens is 492 g/mol. The zero-order valence-corrected chi connectivity index (χ0v) is 19.7. The van der Waals surface area contributed by atoms with Crippen molar-refractivity contribution in [3.8, 4) is 0 Å². The summed E-state index contributed by atoms with van der Waals surface area (Å²) in [6.07, 6.45) is 12.4. The first-order valence-corrected chi connectivity index (χ1v) is 12.1. The Morgan fingerprint density at radius 3 is 2.70 bits per heavy atom. The number of aliphatic hydroxyl groups is 3. The van der Waals surface area contributed by atoms with Gasteiger partial charge in [-0.1, -0.05) is 44.1 Å². The van der Waals surface area contributed by atoms with E-state index in [9.17, 15) is 15.3 Å². The summed E-state index contributed by atoms with van der Waals surface area (Å²) in [6, 6.07) is 2.07. The van der Waals surface area contributed by atoms with Crippen LogP contribution in [0.1, 0.15) is 51.0 Å². The summed E-state index contributed by atoms with van der Waals surface area (Å²) in [5.74, 6) is -0.0872. The Morgan fingerprint density at radius 2 is 2.04 bits per heavy atom. The van der Waals surface area contributed by atoms with Gasteiger partial charge in [0.25, 0.3) is 0 Å². The summed E-state index contributed by atoms with van der Waals surface area (Å²) in [5, 5.41) is 30.9. The number of allylic oxidation sites excluding steroid dienone is 2. The van der Waals surface area contributed by atoms with Gasteiger partial charge >= 0.3 is 0 Å². The molecule has 3 nitrogen and oxygen atoms in total. The molecule has 1 fully saturated rings. The van der Waals surface area contributed by atoms with Crippen molar-refractivity contribution in [2.75, 3.05) is 0 Å². The fourth-order valence-electron chi connectivity index (χ4n) is 3.60. The highest BCUT2D eigenvalue weighted by Crippen LogP contribution is 2.36. The maximum Gasteiger partial charge on any atom is 0.0742 e. The minimum atomic E-state index is -0.554. The molecule has 1 saturated carbocycles. The van der Waals surface area contributed by atoms with Crippen LogP contribution in [0.2, 0.25) is 0 Å². The number of hydrogen-bond acceptors (Lipinski definition) is 4. The van der Waals surface area contributed by atoms with Gasteiger partial charge in [-0.25, -0.2) is 0 Å². The van der Waals surface area contributed by atoms with E-state index in [0.717, 1.165) is 26.8 Å². The summed E-state index contributed by atoms with van der Waals surface area (Å²) < 4.78 is 2.17. The minimum absolute atomic E-state index is 0.0169. The normalized spacial score (nSPS) is 27.2. The Bertz CT molecular complexity index is 629. The smallest absolute Gasteiger partial charge is 0.0742 e. The quantitative estimate of drug-likeness (QED) is 0.276. The van der Waals surface area contributed by atoms with Crippen LogP contribution in [0.15, 0.2) is 37.9 Å². The highest BCUT2D eigenvalue weighted by molar-refractivity contribution is 9.12. The third kappa shape index (κ3) is 7.41. The molecule has 1 heterocycles. The van der Waals surface area contributed by atoms with Crippen molar-refractivity contribution < 1.29 is 15.3 Å². The highest BCUT2D eigenvalue weighted by Gasteiger charge is 2.39. The average molecular weight is 522 g/mol. The van der Waals surface area contributed by atoms with Crippen LogP contribution in [0, 0.1) is 11.8 Å². The van der Waals surface area contributed by atoms with Crippen molar-refractivity contribution in [1.29, 1.82) is 0 Å². The molecule has 5 atom stereocenters. The Labute approximate surface area is 183 Å². The highest BCUT2D eigenvalue weighted by atomic mass is 79.9.